The summed E-state index contributed by atoms with van der Waals surface area (Å²) in [7, 11) is 1.61. The van der Waals surface area contributed by atoms with Crippen molar-refractivity contribution < 1.29 is 14.6 Å². The van der Waals surface area contributed by atoms with Gasteiger partial charge in [0, 0.05) is 17.5 Å². The SMILES string of the molecule is COc1ccc(-c2nc(C(=O)NCCO)cs2)cc1. The van der Waals surface area contributed by atoms with Gasteiger partial charge in [0.25, 0.3) is 5.91 Å². The van der Waals surface area contributed by atoms with Crippen molar-refractivity contribution in [3.8, 4) is 16.3 Å². The average molecular weight is 278 g/mol. The summed E-state index contributed by atoms with van der Waals surface area (Å²) in [6.45, 7) is 0.148. The van der Waals surface area contributed by atoms with Crippen molar-refractivity contribution in [3.05, 3.63) is 35.3 Å². The summed E-state index contributed by atoms with van der Waals surface area (Å²) in [5, 5.41) is 13.7. The smallest absolute Gasteiger partial charge is 0.270 e. The number of aliphatic hydroxyl groups excluding tert-OH is 1. The first-order chi connectivity index (χ1) is 9.24. The number of hydrogen-bond donors (Lipinski definition) is 2. The maximum absolute atomic E-state index is 11.7. The second kappa shape index (κ2) is 6.31. The first-order valence-corrected chi connectivity index (χ1v) is 6.61. The van der Waals surface area contributed by atoms with Crippen molar-refractivity contribution in [2.45, 2.75) is 0 Å². The highest BCUT2D eigenvalue weighted by Crippen LogP contribution is 2.25. The molecule has 0 atom stereocenters. The number of nitrogens with one attached hydrogen (secondary N) is 1. The highest BCUT2D eigenvalue weighted by atomic mass is 32.1. The first kappa shape index (κ1) is 13.5. The lowest BCUT2D eigenvalue weighted by molar-refractivity contribution is 0.0940. The van der Waals surface area contributed by atoms with Gasteiger partial charge in [0.15, 0.2) is 0 Å². The molecule has 19 heavy (non-hydrogen) atoms. The summed E-state index contributed by atoms with van der Waals surface area (Å²) in [6.07, 6.45) is 0. The Labute approximate surface area is 114 Å². The maximum atomic E-state index is 11.7. The molecule has 0 radical (unpaired) electrons. The second-order valence-corrected chi connectivity index (χ2v) is 4.60. The molecule has 1 heterocycles. The van der Waals surface area contributed by atoms with Crippen molar-refractivity contribution >= 4 is 17.2 Å². The Morgan fingerprint density at radius 2 is 2.16 bits per heavy atom. The molecule has 0 spiro atoms. The van der Waals surface area contributed by atoms with Crippen LogP contribution in [0.5, 0.6) is 5.75 Å². The highest BCUT2D eigenvalue weighted by molar-refractivity contribution is 7.13. The van der Waals surface area contributed by atoms with E-state index < -0.39 is 0 Å². The predicted octanol–water partition coefficient (Wildman–Crippen LogP) is 1.54. The number of hydrogen-bond acceptors (Lipinski definition) is 5. The van der Waals surface area contributed by atoms with E-state index in [1.807, 2.05) is 24.3 Å². The largest absolute Gasteiger partial charge is 0.497 e. The van der Waals surface area contributed by atoms with E-state index in [1.54, 1.807) is 12.5 Å². The number of benzene rings is 1. The van der Waals surface area contributed by atoms with Gasteiger partial charge in [-0.25, -0.2) is 4.98 Å². The monoisotopic (exact) mass is 278 g/mol. The number of amides is 1. The third-order valence-electron chi connectivity index (χ3n) is 2.47. The lowest BCUT2D eigenvalue weighted by Crippen LogP contribution is -2.26. The molecule has 2 N–H and O–H groups in total. The van der Waals surface area contributed by atoms with Crippen LogP contribution in [0.3, 0.4) is 0 Å². The molecule has 1 aromatic carbocycles. The molecule has 0 fully saturated rings. The number of thiazole rings is 1. The predicted molar refractivity (Wildman–Crippen MR) is 73.5 cm³/mol. The molecule has 0 saturated heterocycles. The Morgan fingerprint density at radius 1 is 1.42 bits per heavy atom. The summed E-state index contributed by atoms with van der Waals surface area (Å²) in [6, 6.07) is 7.49. The molecular weight excluding hydrogens is 264 g/mol. The van der Waals surface area contributed by atoms with Crippen LogP contribution in [0.2, 0.25) is 0 Å². The van der Waals surface area contributed by atoms with Crippen LogP contribution in [-0.2, 0) is 0 Å². The third-order valence-corrected chi connectivity index (χ3v) is 3.36. The topological polar surface area (TPSA) is 71.5 Å². The Morgan fingerprint density at radius 3 is 2.79 bits per heavy atom. The Bertz CT molecular complexity index is 551. The standard InChI is InChI=1S/C13H14N2O3S/c1-18-10-4-2-9(3-5-10)13-15-11(8-19-13)12(17)14-6-7-16/h2-5,8,16H,6-7H2,1H3,(H,14,17). The van der Waals surface area contributed by atoms with Crippen LogP contribution >= 0.6 is 11.3 Å². The van der Waals surface area contributed by atoms with Crippen LogP contribution in [0.1, 0.15) is 10.5 Å². The normalized spacial score (nSPS) is 10.2. The average Bonchev–Trinajstić information content (AvgIpc) is 2.94. The molecule has 0 aliphatic rings. The van der Waals surface area contributed by atoms with Gasteiger partial charge < -0.3 is 15.2 Å². The summed E-state index contributed by atoms with van der Waals surface area (Å²) in [4.78, 5) is 15.9. The number of aromatic nitrogens is 1. The number of methoxy groups -OCH3 is 1. The van der Waals surface area contributed by atoms with E-state index in [4.69, 9.17) is 9.84 Å². The summed E-state index contributed by atoms with van der Waals surface area (Å²) < 4.78 is 5.09. The van der Waals surface area contributed by atoms with Crippen LogP contribution in [0.4, 0.5) is 0 Å². The van der Waals surface area contributed by atoms with E-state index in [9.17, 15) is 4.79 Å². The molecule has 1 aromatic heterocycles. The fourth-order valence-electron chi connectivity index (χ4n) is 1.50. The Balaban J connectivity index is 2.13. The van der Waals surface area contributed by atoms with E-state index in [1.165, 1.54) is 11.3 Å². The molecular formula is C13H14N2O3S. The molecule has 0 aliphatic carbocycles. The van der Waals surface area contributed by atoms with E-state index in [-0.39, 0.29) is 19.1 Å². The van der Waals surface area contributed by atoms with E-state index in [2.05, 4.69) is 10.3 Å². The van der Waals surface area contributed by atoms with Crippen molar-refractivity contribution in [1.82, 2.24) is 10.3 Å². The van der Waals surface area contributed by atoms with Gasteiger partial charge in [0.2, 0.25) is 0 Å². The van der Waals surface area contributed by atoms with Gasteiger partial charge in [0.05, 0.1) is 13.7 Å². The molecule has 0 saturated carbocycles. The van der Waals surface area contributed by atoms with Gasteiger partial charge >= 0.3 is 0 Å². The molecule has 2 rings (SSSR count). The zero-order chi connectivity index (χ0) is 13.7. The van der Waals surface area contributed by atoms with E-state index in [0.717, 1.165) is 16.3 Å². The summed E-state index contributed by atoms with van der Waals surface area (Å²) in [5.41, 5.74) is 1.30. The third kappa shape index (κ3) is 3.30. The fraction of sp³-hybridized carbons (Fsp3) is 0.231. The zero-order valence-electron chi connectivity index (χ0n) is 10.4. The van der Waals surface area contributed by atoms with Gasteiger partial charge in [-0.15, -0.1) is 11.3 Å². The number of ether oxygens (including phenoxy) is 1. The van der Waals surface area contributed by atoms with Gasteiger partial charge in [-0.05, 0) is 24.3 Å². The molecule has 6 heteroatoms. The Kier molecular flexibility index (Phi) is 4.48. The van der Waals surface area contributed by atoms with Gasteiger partial charge in [0.1, 0.15) is 16.5 Å². The van der Waals surface area contributed by atoms with Gasteiger partial charge in [-0.3, -0.25) is 4.79 Å². The molecule has 5 nitrogen and oxygen atoms in total. The van der Waals surface area contributed by atoms with Crippen LogP contribution < -0.4 is 10.1 Å². The van der Waals surface area contributed by atoms with E-state index in [0.29, 0.717) is 5.69 Å². The number of nitrogens with zero attached hydrogens (tertiary/aromatic N) is 1. The minimum atomic E-state index is -0.273. The first-order valence-electron chi connectivity index (χ1n) is 5.73. The summed E-state index contributed by atoms with van der Waals surface area (Å²) >= 11 is 1.40. The minimum Gasteiger partial charge on any atom is -0.497 e. The minimum absolute atomic E-state index is 0.0821. The highest BCUT2D eigenvalue weighted by Gasteiger charge is 2.11. The number of carbonyl (C=O) groups excluding carboxylic acids is 1. The van der Waals surface area contributed by atoms with Crippen molar-refractivity contribution in [2.24, 2.45) is 0 Å². The molecule has 0 bridgehead atoms. The second-order valence-electron chi connectivity index (χ2n) is 3.75. The zero-order valence-corrected chi connectivity index (χ0v) is 11.2. The molecule has 0 aliphatic heterocycles. The quantitative estimate of drug-likeness (QED) is 0.870. The number of rotatable bonds is 5. The van der Waals surface area contributed by atoms with Crippen molar-refractivity contribution in [1.29, 1.82) is 0 Å². The van der Waals surface area contributed by atoms with Crippen LogP contribution in [-0.4, -0.2) is 36.3 Å². The number of carbonyl (C=O) groups is 1. The Hall–Kier alpha value is -1.92. The molecule has 100 valence electrons. The van der Waals surface area contributed by atoms with E-state index >= 15 is 0 Å². The van der Waals surface area contributed by atoms with Crippen LogP contribution in [0.25, 0.3) is 10.6 Å². The van der Waals surface area contributed by atoms with Crippen molar-refractivity contribution in [3.63, 3.8) is 0 Å². The lowest BCUT2D eigenvalue weighted by atomic mass is 10.2. The van der Waals surface area contributed by atoms with Crippen molar-refractivity contribution in [2.75, 3.05) is 20.3 Å². The maximum Gasteiger partial charge on any atom is 0.270 e. The number of aliphatic hydroxyl groups is 1. The van der Waals surface area contributed by atoms with Crippen LogP contribution in [0, 0.1) is 0 Å². The molecule has 1 amide bonds. The lowest BCUT2D eigenvalue weighted by Gasteiger charge is -2.00. The van der Waals surface area contributed by atoms with Gasteiger partial charge in [-0.2, -0.15) is 0 Å². The van der Waals surface area contributed by atoms with Crippen LogP contribution in [0.15, 0.2) is 29.6 Å². The molecule has 0 unspecified atom stereocenters. The van der Waals surface area contributed by atoms with Gasteiger partial charge in [-0.1, -0.05) is 0 Å². The summed E-state index contributed by atoms with van der Waals surface area (Å²) in [5.74, 6) is 0.506. The fourth-order valence-corrected chi connectivity index (χ4v) is 2.31. The molecule has 2 aromatic rings.